The summed E-state index contributed by atoms with van der Waals surface area (Å²) >= 11 is 0. The van der Waals surface area contributed by atoms with E-state index >= 15 is 0 Å². The maximum Gasteiger partial charge on any atom is 0.170 e. The molecular weight excluding hydrogens is 218 g/mol. The van der Waals surface area contributed by atoms with Gasteiger partial charge in [-0.1, -0.05) is 0 Å². The lowest BCUT2D eigenvalue weighted by Gasteiger charge is -1.99. The number of aldehydes is 1. The number of carbonyl (C=O) groups is 1. The van der Waals surface area contributed by atoms with Crippen molar-refractivity contribution in [2.75, 3.05) is 5.73 Å². The zero-order valence-electron chi connectivity index (χ0n) is 8.83. The van der Waals surface area contributed by atoms with Crippen molar-refractivity contribution in [3.63, 3.8) is 0 Å². The van der Waals surface area contributed by atoms with Crippen LogP contribution in [0.4, 0.5) is 5.82 Å². The van der Waals surface area contributed by atoms with Crippen molar-refractivity contribution in [2.24, 2.45) is 0 Å². The van der Waals surface area contributed by atoms with E-state index in [1.54, 1.807) is 22.9 Å². The molecule has 0 aliphatic carbocycles. The Morgan fingerprint density at radius 1 is 1.35 bits per heavy atom. The molecule has 3 aromatic rings. The Labute approximate surface area is 96.5 Å². The Bertz CT molecular complexity index is 683. The van der Waals surface area contributed by atoms with Crippen LogP contribution < -0.4 is 5.73 Å². The van der Waals surface area contributed by atoms with Crippen molar-refractivity contribution in [1.82, 2.24) is 9.38 Å². The van der Waals surface area contributed by atoms with E-state index in [1.807, 2.05) is 18.2 Å². The van der Waals surface area contributed by atoms with E-state index in [2.05, 4.69) is 4.98 Å². The number of nitrogens with two attached hydrogens (primary N) is 1. The number of rotatable bonds is 2. The van der Waals surface area contributed by atoms with Crippen LogP contribution in [0.5, 0.6) is 0 Å². The van der Waals surface area contributed by atoms with Crippen LogP contribution in [-0.4, -0.2) is 15.7 Å². The normalized spacial score (nSPS) is 10.8. The topological polar surface area (TPSA) is 73.5 Å². The van der Waals surface area contributed by atoms with Crippen LogP contribution in [0.3, 0.4) is 0 Å². The number of hydrogen-bond acceptors (Lipinski definition) is 4. The Morgan fingerprint density at radius 3 is 2.94 bits per heavy atom. The van der Waals surface area contributed by atoms with Crippen LogP contribution in [0.25, 0.3) is 17.0 Å². The summed E-state index contributed by atoms with van der Waals surface area (Å²) in [5.41, 5.74) is 7.50. The lowest BCUT2D eigenvalue weighted by Crippen LogP contribution is -1.94. The highest BCUT2D eigenvalue weighted by Gasteiger charge is 2.10. The van der Waals surface area contributed by atoms with Gasteiger partial charge in [0.2, 0.25) is 0 Å². The van der Waals surface area contributed by atoms with Gasteiger partial charge in [-0.2, -0.15) is 0 Å². The van der Waals surface area contributed by atoms with E-state index in [-0.39, 0.29) is 5.82 Å². The molecule has 0 atom stereocenters. The fourth-order valence-corrected chi connectivity index (χ4v) is 1.79. The minimum absolute atomic E-state index is 0.233. The number of nitrogen functional groups attached to an aromatic ring is 1. The molecule has 0 saturated heterocycles. The number of furan rings is 1. The fourth-order valence-electron chi connectivity index (χ4n) is 1.79. The van der Waals surface area contributed by atoms with Crippen molar-refractivity contribution < 1.29 is 9.21 Å². The molecule has 0 fully saturated rings. The molecule has 0 amide bonds. The maximum absolute atomic E-state index is 10.9. The molecule has 17 heavy (non-hydrogen) atoms. The van der Waals surface area contributed by atoms with Gasteiger partial charge in [-0.25, -0.2) is 4.98 Å². The third-order valence-corrected chi connectivity index (χ3v) is 2.60. The summed E-state index contributed by atoms with van der Waals surface area (Å²) in [4.78, 5) is 15.0. The van der Waals surface area contributed by atoms with Crippen molar-refractivity contribution in [1.29, 1.82) is 0 Å². The lowest BCUT2D eigenvalue weighted by atomic mass is 10.2. The summed E-state index contributed by atoms with van der Waals surface area (Å²) in [7, 11) is 0. The zero-order valence-corrected chi connectivity index (χ0v) is 8.83. The Morgan fingerprint density at radius 2 is 2.24 bits per heavy atom. The first-order chi connectivity index (χ1) is 8.29. The van der Waals surface area contributed by atoms with Gasteiger partial charge in [0.15, 0.2) is 12.1 Å². The van der Waals surface area contributed by atoms with E-state index in [9.17, 15) is 4.79 Å². The van der Waals surface area contributed by atoms with Crippen LogP contribution in [0, 0.1) is 0 Å². The quantitative estimate of drug-likeness (QED) is 0.679. The highest BCUT2D eigenvalue weighted by molar-refractivity contribution is 5.82. The van der Waals surface area contributed by atoms with Crippen LogP contribution in [0.1, 0.15) is 10.5 Å². The van der Waals surface area contributed by atoms with Crippen molar-refractivity contribution in [3.8, 4) is 11.3 Å². The smallest absolute Gasteiger partial charge is 0.170 e. The molecule has 2 N–H and O–H groups in total. The standard InChI is InChI=1S/C12H9N3O2/c13-12-9(7-16)15-6-8(3-4-11(15)14-12)10-2-1-5-17-10/h1-7H,13H2. The first kappa shape index (κ1) is 9.65. The predicted octanol–water partition coefficient (Wildman–Crippen LogP) is 1.99. The van der Waals surface area contributed by atoms with E-state index in [0.717, 1.165) is 11.3 Å². The zero-order chi connectivity index (χ0) is 11.8. The molecule has 5 heteroatoms. The molecule has 0 bridgehead atoms. The molecule has 0 unspecified atom stereocenters. The second-order valence-electron chi connectivity index (χ2n) is 3.62. The number of carbonyl (C=O) groups excluding carboxylic acids is 1. The van der Waals surface area contributed by atoms with Gasteiger partial charge < -0.3 is 10.2 Å². The molecule has 0 aliphatic rings. The van der Waals surface area contributed by atoms with Crippen LogP contribution in [0.2, 0.25) is 0 Å². The third kappa shape index (κ3) is 1.40. The summed E-state index contributed by atoms with van der Waals surface area (Å²) in [6.45, 7) is 0. The van der Waals surface area contributed by atoms with Gasteiger partial charge in [0.05, 0.1) is 6.26 Å². The van der Waals surface area contributed by atoms with E-state index in [4.69, 9.17) is 10.2 Å². The van der Waals surface area contributed by atoms with Gasteiger partial charge in [0.25, 0.3) is 0 Å². The first-order valence-corrected chi connectivity index (χ1v) is 5.06. The number of imidazole rings is 1. The lowest BCUT2D eigenvalue weighted by molar-refractivity contribution is 0.111. The van der Waals surface area contributed by atoms with Gasteiger partial charge in [0, 0.05) is 11.8 Å². The largest absolute Gasteiger partial charge is 0.464 e. The average molecular weight is 227 g/mol. The molecule has 5 nitrogen and oxygen atoms in total. The van der Waals surface area contributed by atoms with E-state index in [0.29, 0.717) is 17.6 Å². The first-order valence-electron chi connectivity index (χ1n) is 5.06. The number of fused-ring (bicyclic) bond motifs is 1. The van der Waals surface area contributed by atoms with Gasteiger partial charge in [-0.3, -0.25) is 9.20 Å². The average Bonchev–Trinajstić information content (AvgIpc) is 2.93. The Hall–Kier alpha value is -2.56. The molecule has 0 saturated carbocycles. The van der Waals surface area contributed by atoms with Gasteiger partial charge in [0.1, 0.15) is 17.1 Å². The van der Waals surface area contributed by atoms with Gasteiger partial charge in [-0.15, -0.1) is 0 Å². The molecule has 3 aromatic heterocycles. The number of aromatic nitrogens is 2. The fraction of sp³-hybridized carbons (Fsp3) is 0. The van der Waals surface area contributed by atoms with Crippen LogP contribution in [-0.2, 0) is 0 Å². The summed E-state index contributed by atoms with van der Waals surface area (Å²) in [5, 5.41) is 0. The Kier molecular flexibility index (Phi) is 1.98. The van der Waals surface area contributed by atoms with Crippen LogP contribution >= 0.6 is 0 Å². The summed E-state index contributed by atoms with van der Waals surface area (Å²) in [5.74, 6) is 0.965. The molecule has 3 rings (SSSR count). The second-order valence-corrected chi connectivity index (χ2v) is 3.62. The minimum Gasteiger partial charge on any atom is -0.464 e. The van der Waals surface area contributed by atoms with E-state index in [1.165, 1.54) is 0 Å². The van der Waals surface area contributed by atoms with Crippen LogP contribution in [0.15, 0.2) is 41.1 Å². The second kappa shape index (κ2) is 3.48. The minimum atomic E-state index is 0.233. The molecule has 0 aliphatic heterocycles. The predicted molar refractivity (Wildman–Crippen MR) is 62.7 cm³/mol. The number of pyridine rings is 1. The summed E-state index contributed by atoms with van der Waals surface area (Å²) < 4.78 is 6.95. The molecule has 84 valence electrons. The molecule has 0 spiro atoms. The van der Waals surface area contributed by atoms with Gasteiger partial charge in [-0.05, 0) is 24.3 Å². The number of hydrogen-bond donors (Lipinski definition) is 1. The van der Waals surface area contributed by atoms with Crippen molar-refractivity contribution in [2.45, 2.75) is 0 Å². The molecule has 3 heterocycles. The summed E-state index contributed by atoms with van der Waals surface area (Å²) in [6, 6.07) is 7.32. The molecule has 0 aromatic carbocycles. The van der Waals surface area contributed by atoms with Crippen molar-refractivity contribution >= 4 is 17.8 Å². The maximum atomic E-state index is 10.9. The SMILES string of the molecule is Nc1nc2ccc(-c3ccco3)cn2c1C=O. The summed E-state index contributed by atoms with van der Waals surface area (Å²) in [6.07, 6.45) is 4.07. The molecular formula is C12H9N3O2. The van der Waals surface area contributed by atoms with Gasteiger partial charge >= 0.3 is 0 Å². The molecule has 0 radical (unpaired) electrons. The third-order valence-electron chi connectivity index (χ3n) is 2.60. The highest BCUT2D eigenvalue weighted by Crippen LogP contribution is 2.22. The van der Waals surface area contributed by atoms with E-state index < -0.39 is 0 Å². The Balaban J connectivity index is 2.28. The number of anilines is 1. The number of nitrogens with zero attached hydrogens (tertiary/aromatic N) is 2. The highest BCUT2D eigenvalue weighted by atomic mass is 16.3. The van der Waals surface area contributed by atoms with Crippen molar-refractivity contribution in [3.05, 3.63) is 42.4 Å². The monoisotopic (exact) mass is 227 g/mol.